The molecule has 0 heterocycles. The van der Waals surface area contributed by atoms with E-state index < -0.39 is 53.4 Å². The van der Waals surface area contributed by atoms with E-state index in [4.69, 9.17) is 0 Å². The quantitative estimate of drug-likeness (QED) is 0.307. The van der Waals surface area contributed by atoms with Crippen LogP contribution >= 0.6 is 0 Å². The first-order chi connectivity index (χ1) is 18.8. The Hall–Kier alpha value is -4.10. The third-order valence-electron chi connectivity index (χ3n) is 6.86. The summed E-state index contributed by atoms with van der Waals surface area (Å²) in [6.07, 6.45) is 2.97. The van der Waals surface area contributed by atoms with Crippen molar-refractivity contribution in [1.82, 2.24) is 0 Å². The Balaban J connectivity index is 1.66. The second-order valence-electron chi connectivity index (χ2n) is 9.67. The smallest absolute Gasteiger partial charge is 0.296 e. The first kappa shape index (κ1) is 27.5. The number of carbonyl (C=O) groups is 2. The number of benzene rings is 3. The van der Waals surface area contributed by atoms with Crippen LogP contribution in [0.1, 0.15) is 31.8 Å². The van der Waals surface area contributed by atoms with Crippen LogP contribution in [0.25, 0.3) is 0 Å². The average molecular weight is 581 g/mol. The van der Waals surface area contributed by atoms with E-state index in [1.54, 1.807) is 38.1 Å². The molecular formula is C28H24N2O8S2. The lowest BCUT2D eigenvalue weighted by Gasteiger charge is -2.36. The number of Topliss-reactive ketones (excluding diaryl/α,β-unsaturated/α-hetero) is 2. The number of fused-ring (bicyclic) bond motifs is 2. The van der Waals surface area contributed by atoms with Crippen molar-refractivity contribution in [3.05, 3.63) is 106 Å². The lowest BCUT2D eigenvalue weighted by molar-refractivity contribution is 0.0787. The van der Waals surface area contributed by atoms with E-state index in [2.05, 4.69) is 10.6 Å². The number of ketones is 2. The Morgan fingerprint density at radius 3 is 1.35 bits per heavy atom. The monoisotopic (exact) mass is 580 g/mol. The van der Waals surface area contributed by atoms with Crippen LogP contribution in [-0.4, -0.2) is 37.5 Å². The van der Waals surface area contributed by atoms with Crippen LogP contribution in [0.3, 0.4) is 0 Å². The molecule has 3 aromatic carbocycles. The van der Waals surface area contributed by atoms with Gasteiger partial charge in [-0.1, -0.05) is 36.4 Å². The van der Waals surface area contributed by atoms with Crippen molar-refractivity contribution in [2.24, 2.45) is 11.8 Å². The third kappa shape index (κ3) is 4.97. The van der Waals surface area contributed by atoms with E-state index >= 15 is 0 Å². The molecule has 0 spiro atoms. The first-order valence-corrected chi connectivity index (χ1v) is 14.9. The SMILES string of the molecule is Cc1ccc(NC2=CC=C(Nc3ccc(C)cc3S(=O)(=O)O)C3C(=O)c4ccccc4C(=O)C23)c(S(=O)(=O)O)c1. The fraction of sp³-hybridized carbons (Fsp3) is 0.143. The van der Waals surface area contributed by atoms with Crippen molar-refractivity contribution < 1.29 is 35.5 Å². The van der Waals surface area contributed by atoms with Crippen LogP contribution < -0.4 is 10.6 Å². The highest BCUT2D eigenvalue weighted by molar-refractivity contribution is 7.86. The second kappa shape index (κ2) is 9.82. The van der Waals surface area contributed by atoms with Gasteiger partial charge < -0.3 is 10.6 Å². The predicted molar refractivity (Wildman–Crippen MR) is 147 cm³/mol. The average Bonchev–Trinajstić information content (AvgIpc) is 2.88. The summed E-state index contributed by atoms with van der Waals surface area (Å²) in [6, 6.07) is 15.0. The Kier molecular flexibility index (Phi) is 6.74. The topological polar surface area (TPSA) is 167 Å². The van der Waals surface area contributed by atoms with E-state index in [1.807, 2.05) is 0 Å². The lowest BCUT2D eigenvalue weighted by atomic mass is 9.69. The van der Waals surface area contributed by atoms with Gasteiger partial charge in [0, 0.05) is 22.5 Å². The summed E-state index contributed by atoms with van der Waals surface area (Å²) in [7, 11) is -9.27. The number of hydrogen-bond donors (Lipinski definition) is 4. The van der Waals surface area contributed by atoms with Crippen LogP contribution in [0.2, 0.25) is 0 Å². The fourth-order valence-corrected chi connectivity index (χ4v) is 6.49. The van der Waals surface area contributed by atoms with E-state index in [0.717, 1.165) is 0 Å². The van der Waals surface area contributed by atoms with Gasteiger partial charge in [-0.15, -0.1) is 0 Å². The van der Waals surface area contributed by atoms with Gasteiger partial charge in [0.1, 0.15) is 9.79 Å². The molecule has 0 fully saturated rings. The van der Waals surface area contributed by atoms with Gasteiger partial charge in [0.25, 0.3) is 20.2 Å². The van der Waals surface area contributed by atoms with E-state index in [1.165, 1.54) is 48.6 Å². The summed E-state index contributed by atoms with van der Waals surface area (Å²) in [5, 5.41) is 5.86. The van der Waals surface area contributed by atoms with Crippen molar-refractivity contribution in [2.75, 3.05) is 10.6 Å². The zero-order chi connectivity index (χ0) is 29.0. The summed E-state index contributed by atoms with van der Waals surface area (Å²) in [4.78, 5) is 26.8. The number of anilines is 2. The van der Waals surface area contributed by atoms with Gasteiger partial charge in [-0.25, -0.2) is 0 Å². The molecule has 2 atom stereocenters. The normalized spacial score (nSPS) is 18.8. The molecule has 10 nitrogen and oxygen atoms in total. The fourth-order valence-electron chi connectivity index (χ4n) is 5.02. The van der Waals surface area contributed by atoms with Crippen molar-refractivity contribution in [3.63, 3.8) is 0 Å². The molecule has 0 aliphatic heterocycles. The molecule has 0 saturated heterocycles. The number of aryl methyl sites for hydroxylation is 2. The molecule has 2 aliphatic carbocycles. The number of carbonyl (C=O) groups excluding carboxylic acids is 2. The summed E-state index contributed by atoms with van der Waals surface area (Å²) < 4.78 is 67.9. The molecule has 12 heteroatoms. The van der Waals surface area contributed by atoms with Crippen molar-refractivity contribution >= 4 is 43.2 Å². The highest BCUT2D eigenvalue weighted by atomic mass is 32.2. The Labute approximate surface area is 230 Å². The molecule has 0 amide bonds. The van der Waals surface area contributed by atoms with Crippen molar-refractivity contribution in [3.8, 4) is 0 Å². The molecular weight excluding hydrogens is 556 g/mol. The molecule has 0 radical (unpaired) electrons. The summed E-state index contributed by atoms with van der Waals surface area (Å²) in [5.74, 6) is -3.09. The molecule has 2 aliphatic rings. The minimum Gasteiger partial charge on any atom is -0.357 e. The molecule has 0 saturated carbocycles. The maximum Gasteiger partial charge on any atom is 0.296 e. The molecule has 2 unspecified atom stereocenters. The maximum atomic E-state index is 13.8. The Bertz CT molecular complexity index is 1740. The van der Waals surface area contributed by atoms with E-state index in [9.17, 15) is 35.5 Å². The molecule has 0 bridgehead atoms. The van der Waals surface area contributed by atoms with Crippen molar-refractivity contribution in [2.45, 2.75) is 23.6 Å². The summed E-state index contributed by atoms with van der Waals surface area (Å²) >= 11 is 0. The summed E-state index contributed by atoms with van der Waals surface area (Å²) in [5.41, 5.74) is 1.96. The standard InChI is InChI=1S/C28H24N2O8S2/c1-15-7-9-19(23(13-15)39(33,34)35)29-21-11-12-22(30-20-10-8-16(2)14-24(20)40(36,37)38)26-25(21)27(31)17-5-3-4-6-18(17)28(26)32/h3-14,25-26,29-30H,1-2H3,(H,33,34,35)(H,36,37,38). The first-order valence-electron chi connectivity index (χ1n) is 12.1. The lowest BCUT2D eigenvalue weighted by Crippen LogP contribution is -2.43. The van der Waals surface area contributed by atoms with Crippen LogP contribution in [0.4, 0.5) is 11.4 Å². The highest BCUT2D eigenvalue weighted by Gasteiger charge is 2.47. The number of allylic oxidation sites excluding steroid dienone is 4. The zero-order valence-electron chi connectivity index (χ0n) is 21.2. The van der Waals surface area contributed by atoms with Gasteiger partial charge in [0.15, 0.2) is 11.6 Å². The number of hydrogen-bond acceptors (Lipinski definition) is 8. The maximum absolute atomic E-state index is 13.8. The van der Waals surface area contributed by atoms with Crippen LogP contribution in [0.5, 0.6) is 0 Å². The van der Waals surface area contributed by atoms with E-state index in [-0.39, 0.29) is 33.9 Å². The largest absolute Gasteiger partial charge is 0.357 e. The van der Waals surface area contributed by atoms with Gasteiger partial charge in [0.05, 0.1) is 23.2 Å². The van der Waals surface area contributed by atoms with Gasteiger partial charge >= 0.3 is 0 Å². The molecule has 40 heavy (non-hydrogen) atoms. The zero-order valence-corrected chi connectivity index (χ0v) is 22.9. The van der Waals surface area contributed by atoms with Gasteiger partial charge in [0.2, 0.25) is 0 Å². The van der Waals surface area contributed by atoms with Gasteiger partial charge in [-0.05, 0) is 61.4 Å². The molecule has 5 rings (SSSR count). The molecule has 206 valence electrons. The van der Waals surface area contributed by atoms with Gasteiger partial charge in [-0.2, -0.15) is 16.8 Å². The summed E-state index contributed by atoms with van der Waals surface area (Å²) in [6.45, 7) is 3.31. The minimum atomic E-state index is -4.63. The van der Waals surface area contributed by atoms with Crippen LogP contribution in [-0.2, 0) is 20.2 Å². The second-order valence-corrected chi connectivity index (χ2v) is 12.5. The van der Waals surface area contributed by atoms with Crippen molar-refractivity contribution in [1.29, 1.82) is 0 Å². The van der Waals surface area contributed by atoms with Crippen LogP contribution in [0.15, 0.2) is 94.0 Å². The Morgan fingerprint density at radius 1 is 0.625 bits per heavy atom. The van der Waals surface area contributed by atoms with E-state index in [0.29, 0.717) is 11.1 Å². The molecule has 4 N–H and O–H groups in total. The van der Waals surface area contributed by atoms with Crippen LogP contribution in [0, 0.1) is 25.7 Å². The Morgan fingerprint density at radius 2 is 1.00 bits per heavy atom. The highest BCUT2D eigenvalue weighted by Crippen LogP contribution is 2.42. The number of nitrogens with one attached hydrogen (secondary N) is 2. The predicted octanol–water partition coefficient (Wildman–Crippen LogP) is 4.41. The van der Waals surface area contributed by atoms with Gasteiger partial charge in [-0.3, -0.25) is 18.7 Å². The molecule has 0 aromatic heterocycles. The number of rotatable bonds is 6. The third-order valence-corrected chi connectivity index (χ3v) is 8.64. The molecule has 3 aromatic rings. The minimum absolute atomic E-state index is 0.00853.